The molecule has 1 amide bonds. The van der Waals surface area contributed by atoms with Crippen LogP contribution in [0.1, 0.15) is 12.0 Å². The lowest BCUT2D eigenvalue weighted by atomic mass is 10.0. The zero-order valence-corrected chi connectivity index (χ0v) is 14.0. The number of nitrogen functional groups attached to an aromatic ring is 2. The number of anilines is 3. The zero-order chi connectivity index (χ0) is 18.4. The van der Waals surface area contributed by atoms with Crippen molar-refractivity contribution in [3.63, 3.8) is 0 Å². The summed E-state index contributed by atoms with van der Waals surface area (Å²) in [7, 11) is 0. The van der Waals surface area contributed by atoms with E-state index in [2.05, 4.69) is 20.3 Å². The minimum absolute atomic E-state index is 0.266. The van der Waals surface area contributed by atoms with Gasteiger partial charge in [0.25, 0.3) is 0 Å². The van der Waals surface area contributed by atoms with Crippen molar-refractivity contribution in [2.75, 3.05) is 16.8 Å². The van der Waals surface area contributed by atoms with E-state index >= 15 is 0 Å². The largest absolute Gasteiger partial charge is 0.397 e. The molecule has 1 saturated carbocycles. The van der Waals surface area contributed by atoms with Gasteiger partial charge in [0.1, 0.15) is 17.8 Å². The third-order valence-corrected chi connectivity index (χ3v) is 4.58. The molecule has 0 aromatic carbocycles. The number of nitrogens with zero attached hydrogens (tertiary/aromatic N) is 3. The lowest BCUT2D eigenvalue weighted by Crippen LogP contribution is -2.15. The summed E-state index contributed by atoms with van der Waals surface area (Å²) in [6.45, 7) is 1.88. The molecule has 0 bridgehead atoms. The predicted molar refractivity (Wildman–Crippen MR) is 98.0 cm³/mol. The average Bonchev–Trinajstić information content (AvgIpc) is 3.34. The predicted octanol–water partition coefficient (Wildman–Crippen LogP) is 2.46. The molecule has 0 radical (unpaired) electrons. The van der Waals surface area contributed by atoms with Crippen LogP contribution in [0.25, 0.3) is 22.0 Å². The molecule has 3 aromatic heterocycles. The molecule has 0 spiro atoms. The van der Waals surface area contributed by atoms with Crippen LogP contribution in [0, 0.1) is 12.8 Å². The van der Waals surface area contributed by atoms with E-state index in [1.165, 1.54) is 0 Å². The zero-order valence-electron chi connectivity index (χ0n) is 14.0. The molecular formula is C18H17FN6O. The maximum absolute atomic E-state index is 13.0. The minimum Gasteiger partial charge on any atom is -0.397 e. The third kappa shape index (κ3) is 2.79. The van der Waals surface area contributed by atoms with Crippen molar-refractivity contribution < 1.29 is 9.18 Å². The van der Waals surface area contributed by atoms with Crippen LogP contribution in [0.4, 0.5) is 21.7 Å². The summed E-state index contributed by atoms with van der Waals surface area (Å²) in [5, 5.41) is 4.06. The van der Waals surface area contributed by atoms with Gasteiger partial charge >= 0.3 is 0 Å². The lowest BCUT2D eigenvalue weighted by Gasteiger charge is -2.11. The van der Waals surface area contributed by atoms with E-state index in [9.17, 15) is 9.18 Å². The van der Waals surface area contributed by atoms with Crippen molar-refractivity contribution in [3.05, 3.63) is 36.3 Å². The Morgan fingerprint density at radius 3 is 2.77 bits per heavy atom. The summed E-state index contributed by atoms with van der Waals surface area (Å²) in [6, 6.07) is 3.53. The molecule has 0 saturated heterocycles. The van der Waals surface area contributed by atoms with Gasteiger partial charge in [-0.15, -0.1) is 0 Å². The first kappa shape index (κ1) is 16.2. The summed E-state index contributed by atoms with van der Waals surface area (Å²) in [5.41, 5.74) is 14.8. The summed E-state index contributed by atoms with van der Waals surface area (Å²) < 4.78 is 13.0. The molecule has 7 nitrogen and oxygen atoms in total. The number of amides is 1. The number of nitrogens with one attached hydrogen (secondary N) is 1. The Kier molecular flexibility index (Phi) is 3.68. The molecule has 5 N–H and O–H groups in total. The van der Waals surface area contributed by atoms with Crippen LogP contribution in [-0.2, 0) is 4.79 Å². The van der Waals surface area contributed by atoms with Gasteiger partial charge in [-0.25, -0.2) is 14.4 Å². The number of nitrogens with two attached hydrogens (primary N) is 2. The number of carbonyl (C=O) groups is 1. The molecule has 1 aliphatic carbocycles. The Balaban J connectivity index is 1.74. The van der Waals surface area contributed by atoms with Crippen LogP contribution >= 0.6 is 0 Å². The van der Waals surface area contributed by atoms with Crippen LogP contribution in [-0.4, -0.2) is 27.0 Å². The SMILES string of the molecule is Cc1c(N)cncc1-c1cc2cc(NC(=O)[C@H]3CC3F)ncc2c(N)n1. The minimum atomic E-state index is -1.05. The Morgan fingerprint density at radius 2 is 2.04 bits per heavy atom. The second kappa shape index (κ2) is 5.91. The van der Waals surface area contributed by atoms with E-state index in [0.717, 1.165) is 16.5 Å². The highest BCUT2D eigenvalue weighted by molar-refractivity contribution is 5.98. The highest BCUT2D eigenvalue weighted by Gasteiger charge is 2.43. The van der Waals surface area contributed by atoms with Crippen molar-refractivity contribution in [2.45, 2.75) is 19.5 Å². The molecule has 1 fully saturated rings. The van der Waals surface area contributed by atoms with Crippen LogP contribution in [0.3, 0.4) is 0 Å². The van der Waals surface area contributed by atoms with Gasteiger partial charge in [0.05, 0.1) is 23.5 Å². The molecular weight excluding hydrogens is 335 g/mol. The Labute approximate surface area is 148 Å². The number of halogens is 1. The number of fused-ring (bicyclic) bond motifs is 1. The normalized spacial score (nSPS) is 18.7. The second-order valence-corrected chi connectivity index (χ2v) is 6.43. The van der Waals surface area contributed by atoms with Crippen LogP contribution < -0.4 is 16.8 Å². The fourth-order valence-electron chi connectivity index (χ4n) is 2.83. The maximum atomic E-state index is 13.0. The van der Waals surface area contributed by atoms with Gasteiger partial charge in [0.15, 0.2) is 0 Å². The van der Waals surface area contributed by atoms with Gasteiger partial charge in [-0.05, 0) is 36.4 Å². The van der Waals surface area contributed by atoms with E-state index in [1.54, 1.807) is 24.7 Å². The summed E-state index contributed by atoms with van der Waals surface area (Å²) in [5.74, 6) is -0.273. The monoisotopic (exact) mass is 352 g/mol. The van der Waals surface area contributed by atoms with Crippen molar-refractivity contribution in [2.24, 2.45) is 5.92 Å². The number of carbonyl (C=O) groups excluding carboxylic acids is 1. The highest BCUT2D eigenvalue weighted by atomic mass is 19.1. The molecule has 132 valence electrons. The van der Waals surface area contributed by atoms with Crippen molar-refractivity contribution in [1.29, 1.82) is 0 Å². The number of alkyl halides is 1. The van der Waals surface area contributed by atoms with Gasteiger partial charge in [0, 0.05) is 23.3 Å². The van der Waals surface area contributed by atoms with E-state index in [4.69, 9.17) is 11.5 Å². The molecule has 26 heavy (non-hydrogen) atoms. The molecule has 2 atom stereocenters. The number of hydrogen-bond donors (Lipinski definition) is 3. The van der Waals surface area contributed by atoms with Crippen LogP contribution in [0.15, 0.2) is 30.7 Å². The summed E-state index contributed by atoms with van der Waals surface area (Å²) >= 11 is 0. The standard InChI is InChI=1S/C18H17FN6O/c1-8-11(5-22-7-14(8)20)15-2-9-3-16(23-6-12(9)17(21)24-15)25-18(26)10-4-13(10)19/h2-3,5-7,10,13H,4,20H2,1H3,(H2,21,24)(H,23,25,26)/t10-,13?/m0/s1. The molecule has 3 heterocycles. The van der Waals surface area contributed by atoms with Gasteiger partial charge in [-0.2, -0.15) is 0 Å². The first-order chi connectivity index (χ1) is 12.4. The van der Waals surface area contributed by atoms with E-state index in [0.29, 0.717) is 28.4 Å². The fraction of sp³-hybridized carbons (Fsp3) is 0.222. The maximum Gasteiger partial charge on any atom is 0.231 e. The molecule has 1 aliphatic rings. The van der Waals surface area contributed by atoms with E-state index < -0.39 is 12.1 Å². The van der Waals surface area contributed by atoms with Crippen molar-refractivity contribution >= 4 is 34.0 Å². The van der Waals surface area contributed by atoms with Crippen LogP contribution in [0.2, 0.25) is 0 Å². The summed E-state index contributed by atoms with van der Waals surface area (Å²) in [4.78, 5) is 24.6. The molecule has 4 rings (SSSR count). The number of pyridine rings is 3. The quantitative estimate of drug-likeness (QED) is 0.666. The van der Waals surface area contributed by atoms with Crippen molar-refractivity contribution in [1.82, 2.24) is 15.0 Å². The van der Waals surface area contributed by atoms with Crippen molar-refractivity contribution in [3.8, 4) is 11.3 Å². The number of hydrogen-bond acceptors (Lipinski definition) is 6. The number of rotatable bonds is 3. The smallest absolute Gasteiger partial charge is 0.231 e. The Morgan fingerprint density at radius 1 is 1.27 bits per heavy atom. The molecule has 8 heteroatoms. The average molecular weight is 352 g/mol. The molecule has 0 aliphatic heterocycles. The number of aromatic nitrogens is 3. The topological polar surface area (TPSA) is 120 Å². The van der Waals surface area contributed by atoms with Gasteiger partial charge in [0.2, 0.25) is 5.91 Å². The lowest BCUT2D eigenvalue weighted by molar-refractivity contribution is -0.117. The third-order valence-electron chi connectivity index (χ3n) is 4.58. The fourth-order valence-corrected chi connectivity index (χ4v) is 2.83. The Hall–Kier alpha value is -3.29. The first-order valence-corrected chi connectivity index (χ1v) is 8.15. The van der Waals surface area contributed by atoms with E-state index in [-0.39, 0.29) is 12.3 Å². The summed E-state index contributed by atoms with van der Waals surface area (Å²) in [6.07, 6.45) is 4.01. The highest BCUT2D eigenvalue weighted by Crippen LogP contribution is 2.35. The molecule has 1 unspecified atom stereocenters. The van der Waals surface area contributed by atoms with Gasteiger partial charge < -0.3 is 16.8 Å². The second-order valence-electron chi connectivity index (χ2n) is 6.43. The van der Waals surface area contributed by atoms with E-state index in [1.807, 2.05) is 13.0 Å². The van der Waals surface area contributed by atoms with Gasteiger partial charge in [-0.3, -0.25) is 9.78 Å². The Bertz CT molecular complexity index is 1040. The van der Waals surface area contributed by atoms with Gasteiger partial charge in [-0.1, -0.05) is 0 Å². The molecule has 3 aromatic rings. The first-order valence-electron chi connectivity index (χ1n) is 8.15. The van der Waals surface area contributed by atoms with Crippen LogP contribution in [0.5, 0.6) is 0 Å².